The van der Waals surface area contributed by atoms with Gasteiger partial charge in [0.1, 0.15) is 0 Å². The first-order valence-corrected chi connectivity index (χ1v) is 9.35. The zero-order chi connectivity index (χ0) is 20.8. The van der Waals surface area contributed by atoms with Crippen molar-refractivity contribution < 1.29 is 18.0 Å². The van der Waals surface area contributed by atoms with E-state index in [1.54, 1.807) is 21.9 Å². The van der Waals surface area contributed by atoms with Gasteiger partial charge in [-0.2, -0.15) is 8.78 Å². The van der Waals surface area contributed by atoms with Crippen molar-refractivity contribution in [2.24, 2.45) is 0 Å². The number of anilines is 1. The lowest BCUT2D eigenvalue weighted by molar-refractivity contribution is 0.116. The van der Waals surface area contributed by atoms with Crippen molar-refractivity contribution in [1.29, 1.82) is 0 Å². The molecule has 2 aromatic carbocycles. The minimum atomic E-state index is -2.80. The summed E-state index contributed by atoms with van der Waals surface area (Å²) in [5, 5.41) is 6.99. The van der Waals surface area contributed by atoms with Crippen LogP contribution >= 0.6 is 0 Å². The molecule has 0 radical (unpaired) electrons. The highest BCUT2D eigenvalue weighted by molar-refractivity contribution is 5.91. The molecule has 0 spiro atoms. The van der Waals surface area contributed by atoms with Gasteiger partial charge in [-0.3, -0.25) is 4.90 Å². The molecule has 8 heteroatoms. The average Bonchev–Trinajstić information content (AvgIpc) is 3.24. The lowest BCUT2D eigenvalue weighted by Crippen LogP contribution is -2.42. The first-order valence-electron chi connectivity index (χ1n) is 9.35. The van der Waals surface area contributed by atoms with E-state index in [4.69, 9.17) is 4.42 Å². The second-order valence-corrected chi connectivity index (χ2v) is 6.32. The maximum Gasteiger partial charge on any atom is 0.324 e. The van der Waals surface area contributed by atoms with Crippen LogP contribution in [0.2, 0.25) is 0 Å². The highest BCUT2D eigenvalue weighted by atomic mass is 19.3. The largest absolute Gasteiger partial charge is 0.415 e. The molecule has 0 N–H and O–H groups in total. The van der Waals surface area contributed by atoms with Crippen LogP contribution in [0.3, 0.4) is 0 Å². The van der Waals surface area contributed by atoms with Crippen LogP contribution in [0.25, 0.3) is 11.5 Å². The van der Waals surface area contributed by atoms with Crippen LogP contribution in [0.4, 0.5) is 19.3 Å². The molecule has 152 valence electrons. The SMILES string of the molecule is CCN(CC)C(=O)N(Cc1ccc(-c2nnc(C(F)F)o2)cc1)c1ccccc1. The van der Waals surface area contributed by atoms with Gasteiger partial charge in [-0.05, 0) is 43.7 Å². The van der Waals surface area contributed by atoms with E-state index in [9.17, 15) is 13.6 Å². The molecule has 1 heterocycles. The predicted octanol–water partition coefficient (Wildman–Crippen LogP) is 5.14. The number of carbonyl (C=O) groups excluding carboxylic acids is 1. The summed E-state index contributed by atoms with van der Waals surface area (Å²) in [5.74, 6) is -0.671. The van der Waals surface area contributed by atoms with E-state index in [-0.39, 0.29) is 11.9 Å². The minimum Gasteiger partial charge on any atom is -0.415 e. The van der Waals surface area contributed by atoms with E-state index >= 15 is 0 Å². The summed E-state index contributed by atoms with van der Waals surface area (Å²) in [6.07, 6.45) is -2.80. The number of hydrogen-bond donors (Lipinski definition) is 0. The Morgan fingerprint density at radius 2 is 1.66 bits per heavy atom. The van der Waals surface area contributed by atoms with Gasteiger partial charge in [0.25, 0.3) is 5.89 Å². The summed E-state index contributed by atoms with van der Waals surface area (Å²) in [6, 6.07) is 16.4. The Morgan fingerprint density at radius 1 is 1.00 bits per heavy atom. The molecule has 0 bridgehead atoms. The van der Waals surface area contributed by atoms with Crippen LogP contribution in [0.15, 0.2) is 59.0 Å². The van der Waals surface area contributed by atoms with Crippen molar-refractivity contribution in [2.75, 3.05) is 18.0 Å². The van der Waals surface area contributed by atoms with Crippen LogP contribution in [0.1, 0.15) is 31.7 Å². The number of nitrogens with zero attached hydrogens (tertiary/aromatic N) is 4. The van der Waals surface area contributed by atoms with Crippen molar-refractivity contribution in [3.8, 4) is 11.5 Å². The monoisotopic (exact) mass is 400 g/mol. The summed E-state index contributed by atoms with van der Waals surface area (Å²) in [6.45, 7) is 5.48. The third-order valence-corrected chi connectivity index (χ3v) is 4.50. The fourth-order valence-corrected chi connectivity index (χ4v) is 2.92. The van der Waals surface area contributed by atoms with Gasteiger partial charge in [-0.1, -0.05) is 30.3 Å². The molecule has 0 saturated carbocycles. The summed E-state index contributed by atoms with van der Waals surface area (Å²) in [5.41, 5.74) is 2.22. The Kier molecular flexibility index (Phi) is 6.54. The van der Waals surface area contributed by atoms with Gasteiger partial charge in [-0.25, -0.2) is 4.79 Å². The lowest BCUT2D eigenvalue weighted by Gasteiger charge is -2.29. The van der Waals surface area contributed by atoms with E-state index in [1.807, 2.05) is 56.3 Å². The number of amides is 2. The van der Waals surface area contributed by atoms with Gasteiger partial charge in [0.15, 0.2) is 0 Å². The molecule has 3 aromatic rings. The number of rotatable bonds is 7. The van der Waals surface area contributed by atoms with Crippen LogP contribution in [-0.4, -0.2) is 34.2 Å². The summed E-state index contributed by atoms with van der Waals surface area (Å²) >= 11 is 0. The van der Waals surface area contributed by atoms with Gasteiger partial charge < -0.3 is 9.32 Å². The normalized spacial score (nSPS) is 10.9. The Hall–Kier alpha value is -3.29. The number of para-hydroxylation sites is 1. The molecular formula is C21H22F2N4O2. The smallest absolute Gasteiger partial charge is 0.324 e. The molecule has 0 unspecified atom stereocenters. The Labute approximate surface area is 167 Å². The second kappa shape index (κ2) is 9.27. The number of urea groups is 1. The molecular weight excluding hydrogens is 378 g/mol. The van der Waals surface area contributed by atoms with E-state index in [2.05, 4.69) is 10.2 Å². The topological polar surface area (TPSA) is 62.5 Å². The molecule has 29 heavy (non-hydrogen) atoms. The molecule has 3 rings (SSSR count). The number of aromatic nitrogens is 2. The van der Waals surface area contributed by atoms with Crippen LogP contribution < -0.4 is 4.90 Å². The molecule has 0 fully saturated rings. The maximum absolute atomic E-state index is 13.0. The van der Waals surface area contributed by atoms with Crippen molar-refractivity contribution >= 4 is 11.7 Å². The fraction of sp³-hybridized carbons (Fsp3) is 0.286. The third kappa shape index (κ3) is 4.77. The average molecular weight is 400 g/mol. The molecule has 0 aliphatic heterocycles. The van der Waals surface area contributed by atoms with Gasteiger partial charge in [0.05, 0.1) is 6.54 Å². The Morgan fingerprint density at radius 3 is 2.21 bits per heavy atom. The first kappa shape index (κ1) is 20.4. The highest BCUT2D eigenvalue weighted by Gasteiger charge is 2.21. The predicted molar refractivity (Wildman–Crippen MR) is 106 cm³/mol. The first-order chi connectivity index (χ1) is 14.0. The Balaban J connectivity index is 1.82. The van der Waals surface area contributed by atoms with Crippen molar-refractivity contribution in [3.63, 3.8) is 0 Å². The van der Waals surface area contributed by atoms with E-state index in [0.717, 1.165) is 11.3 Å². The lowest BCUT2D eigenvalue weighted by atomic mass is 10.1. The summed E-state index contributed by atoms with van der Waals surface area (Å²) in [4.78, 5) is 16.5. The zero-order valence-corrected chi connectivity index (χ0v) is 16.3. The number of hydrogen-bond acceptors (Lipinski definition) is 4. The van der Waals surface area contributed by atoms with Crippen LogP contribution in [0, 0.1) is 0 Å². The van der Waals surface area contributed by atoms with Gasteiger partial charge >= 0.3 is 12.5 Å². The summed E-state index contributed by atoms with van der Waals surface area (Å²) in [7, 11) is 0. The second-order valence-electron chi connectivity index (χ2n) is 6.32. The summed E-state index contributed by atoms with van der Waals surface area (Å²) < 4.78 is 30.2. The molecule has 0 aliphatic rings. The minimum absolute atomic E-state index is 0.0333. The molecule has 0 atom stereocenters. The number of halogens is 2. The van der Waals surface area contributed by atoms with Crippen LogP contribution in [-0.2, 0) is 6.54 Å². The van der Waals surface area contributed by atoms with E-state index in [1.165, 1.54) is 0 Å². The molecule has 2 amide bonds. The Bertz CT molecular complexity index is 925. The van der Waals surface area contributed by atoms with Crippen molar-refractivity contribution in [1.82, 2.24) is 15.1 Å². The van der Waals surface area contributed by atoms with Crippen molar-refractivity contribution in [2.45, 2.75) is 26.8 Å². The maximum atomic E-state index is 13.0. The number of alkyl halides is 2. The molecule has 0 saturated heterocycles. The van der Waals surface area contributed by atoms with Crippen LogP contribution in [0.5, 0.6) is 0 Å². The number of carbonyl (C=O) groups is 1. The zero-order valence-electron chi connectivity index (χ0n) is 16.3. The quantitative estimate of drug-likeness (QED) is 0.551. The van der Waals surface area contributed by atoms with Gasteiger partial charge in [-0.15, -0.1) is 10.2 Å². The van der Waals surface area contributed by atoms with Crippen molar-refractivity contribution in [3.05, 3.63) is 66.1 Å². The van der Waals surface area contributed by atoms with Gasteiger partial charge in [0, 0.05) is 24.3 Å². The standard InChI is InChI=1S/C21H22F2N4O2/c1-3-26(4-2)21(28)27(17-8-6-5-7-9-17)14-15-10-12-16(13-11-15)19-24-25-20(29-19)18(22)23/h5-13,18H,3-4,14H2,1-2H3. The fourth-order valence-electron chi connectivity index (χ4n) is 2.92. The van der Waals surface area contributed by atoms with E-state index in [0.29, 0.717) is 25.2 Å². The van der Waals surface area contributed by atoms with E-state index < -0.39 is 12.3 Å². The molecule has 0 aliphatic carbocycles. The molecule has 1 aromatic heterocycles. The number of benzene rings is 2. The van der Waals surface area contributed by atoms with Gasteiger partial charge in [0.2, 0.25) is 5.89 Å². The highest BCUT2D eigenvalue weighted by Crippen LogP contribution is 2.24. The molecule has 6 nitrogen and oxygen atoms in total. The third-order valence-electron chi connectivity index (χ3n) is 4.50.